The highest BCUT2D eigenvalue weighted by atomic mass is 35.5. The van der Waals surface area contributed by atoms with Crippen LogP contribution in [-0.2, 0) is 31.9 Å². The van der Waals surface area contributed by atoms with Crippen LogP contribution in [0.25, 0.3) is 0 Å². The van der Waals surface area contributed by atoms with E-state index in [1.807, 2.05) is 25.1 Å². The van der Waals surface area contributed by atoms with Crippen LogP contribution in [0.5, 0.6) is 0 Å². The summed E-state index contributed by atoms with van der Waals surface area (Å²) in [6.07, 6.45) is -0.195. The van der Waals surface area contributed by atoms with Gasteiger partial charge in [-0.25, -0.2) is 9.59 Å². The Balaban J connectivity index is 1.59. The molecule has 1 unspecified atom stereocenters. The molecule has 204 valence electrons. The van der Waals surface area contributed by atoms with Crippen LogP contribution in [0.15, 0.2) is 72.8 Å². The molecule has 4 rings (SSSR count). The topological polar surface area (TPSA) is 105 Å². The quantitative estimate of drug-likeness (QED) is 0.308. The van der Waals surface area contributed by atoms with Crippen molar-refractivity contribution in [1.82, 2.24) is 5.32 Å². The summed E-state index contributed by atoms with van der Waals surface area (Å²) in [5.74, 6) is -2.26. The molecule has 39 heavy (non-hydrogen) atoms. The number of methoxy groups -OCH3 is 2. The standard InChI is InChI=1S/C30H31ClN2O6/c1-19(32-18-26(34)22-10-7-11-24(31)16-22)14-20-12-13-25-23(15-20)17-30(28(36)38-2,29(37)39-3)33(25)27(35)21-8-5-4-6-9-21/h4-13,15-16,19,26,32,34H,14,17-18H2,1-3H3/t19-,26?/m1/s1. The molecule has 0 radical (unpaired) electrons. The molecule has 3 aromatic rings. The lowest BCUT2D eigenvalue weighted by atomic mass is 9.92. The van der Waals surface area contributed by atoms with Crippen LogP contribution in [0.4, 0.5) is 5.69 Å². The Kier molecular flexibility index (Phi) is 8.70. The van der Waals surface area contributed by atoms with Gasteiger partial charge >= 0.3 is 11.9 Å². The van der Waals surface area contributed by atoms with Gasteiger partial charge in [0.05, 0.1) is 20.3 Å². The fraction of sp³-hybridized carbons (Fsp3) is 0.300. The van der Waals surface area contributed by atoms with Gasteiger partial charge in [0.25, 0.3) is 5.91 Å². The second kappa shape index (κ2) is 12.0. The van der Waals surface area contributed by atoms with Gasteiger partial charge in [0.2, 0.25) is 5.54 Å². The first kappa shape index (κ1) is 28.3. The van der Waals surface area contributed by atoms with Crippen molar-refractivity contribution in [3.63, 3.8) is 0 Å². The van der Waals surface area contributed by atoms with Gasteiger partial charge in [-0.1, -0.05) is 54.1 Å². The average Bonchev–Trinajstić information content (AvgIpc) is 3.30. The first-order chi connectivity index (χ1) is 18.7. The van der Waals surface area contributed by atoms with Crippen molar-refractivity contribution < 1.29 is 29.0 Å². The molecule has 0 aromatic heterocycles. The number of carbonyl (C=O) groups is 3. The van der Waals surface area contributed by atoms with E-state index in [4.69, 9.17) is 21.1 Å². The number of aliphatic hydroxyl groups excluding tert-OH is 1. The number of aliphatic hydroxyl groups is 1. The normalized spacial score (nSPS) is 15.3. The van der Waals surface area contributed by atoms with Gasteiger partial charge < -0.3 is 19.9 Å². The van der Waals surface area contributed by atoms with E-state index in [-0.39, 0.29) is 12.5 Å². The number of ether oxygens (including phenoxy) is 2. The Bertz CT molecular complexity index is 1350. The van der Waals surface area contributed by atoms with Gasteiger partial charge in [0, 0.05) is 35.3 Å². The van der Waals surface area contributed by atoms with Crippen molar-refractivity contribution in [2.75, 3.05) is 25.7 Å². The Morgan fingerprint density at radius 3 is 2.33 bits per heavy atom. The first-order valence-electron chi connectivity index (χ1n) is 12.6. The number of esters is 2. The molecule has 3 aromatic carbocycles. The lowest BCUT2D eigenvalue weighted by molar-refractivity contribution is -0.160. The average molecular weight is 551 g/mol. The fourth-order valence-corrected chi connectivity index (χ4v) is 5.20. The Morgan fingerprint density at radius 2 is 1.69 bits per heavy atom. The van der Waals surface area contributed by atoms with Crippen molar-refractivity contribution in [2.24, 2.45) is 0 Å². The van der Waals surface area contributed by atoms with Crippen LogP contribution in [-0.4, -0.2) is 55.3 Å². The van der Waals surface area contributed by atoms with Crippen molar-refractivity contribution in [3.05, 3.63) is 100 Å². The minimum Gasteiger partial charge on any atom is -0.467 e. The van der Waals surface area contributed by atoms with E-state index in [2.05, 4.69) is 5.32 Å². The summed E-state index contributed by atoms with van der Waals surface area (Å²) in [5.41, 5.74) is 1.10. The van der Waals surface area contributed by atoms with E-state index in [1.165, 1.54) is 19.1 Å². The van der Waals surface area contributed by atoms with Gasteiger partial charge in [-0.05, 0) is 60.4 Å². The third kappa shape index (κ3) is 5.68. The number of rotatable bonds is 9. The molecular formula is C30H31ClN2O6. The maximum Gasteiger partial charge on any atom is 0.344 e. The number of nitrogens with one attached hydrogen (secondary N) is 1. The first-order valence-corrected chi connectivity index (χ1v) is 12.9. The Morgan fingerprint density at radius 1 is 1.00 bits per heavy atom. The maximum atomic E-state index is 13.7. The molecule has 1 heterocycles. The lowest BCUT2D eigenvalue weighted by Crippen LogP contribution is -2.62. The molecule has 2 N–H and O–H groups in total. The zero-order valence-corrected chi connectivity index (χ0v) is 22.8. The second-order valence-corrected chi connectivity index (χ2v) is 10.0. The van der Waals surface area contributed by atoms with E-state index >= 15 is 0 Å². The molecule has 0 saturated carbocycles. The van der Waals surface area contributed by atoms with E-state index in [1.54, 1.807) is 54.6 Å². The van der Waals surface area contributed by atoms with Gasteiger partial charge in [-0.3, -0.25) is 9.69 Å². The van der Waals surface area contributed by atoms with Crippen LogP contribution in [0, 0.1) is 0 Å². The van der Waals surface area contributed by atoms with E-state index in [0.29, 0.717) is 34.8 Å². The summed E-state index contributed by atoms with van der Waals surface area (Å²) in [6, 6.07) is 21.0. The Labute approximate surface area is 232 Å². The summed E-state index contributed by atoms with van der Waals surface area (Å²) in [5, 5.41) is 14.4. The number of carbonyl (C=O) groups excluding carboxylic acids is 3. The number of hydrogen-bond donors (Lipinski definition) is 2. The lowest BCUT2D eigenvalue weighted by Gasteiger charge is -2.33. The van der Waals surface area contributed by atoms with Crippen molar-refractivity contribution in [2.45, 2.75) is 37.5 Å². The van der Waals surface area contributed by atoms with E-state index in [0.717, 1.165) is 11.1 Å². The highest BCUT2D eigenvalue weighted by Gasteiger charge is 2.60. The van der Waals surface area contributed by atoms with E-state index < -0.39 is 29.5 Å². The monoisotopic (exact) mass is 550 g/mol. The second-order valence-electron chi connectivity index (χ2n) is 9.57. The summed E-state index contributed by atoms with van der Waals surface area (Å²) in [6.45, 7) is 2.33. The molecular weight excluding hydrogens is 520 g/mol. The summed E-state index contributed by atoms with van der Waals surface area (Å²) in [7, 11) is 2.36. The minimum absolute atomic E-state index is 0.00804. The molecule has 1 amide bonds. The predicted octanol–water partition coefficient (Wildman–Crippen LogP) is 3.88. The largest absolute Gasteiger partial charge is 0.467 e. The molecule has 0 saturated heterocycles. The van der Waals surface area contributed by atoms with Gasteiger partial charge in [-0.15, -0.1) is 0 Å². The van der Waals surface area contributed by atoms with Crippen molar-refractivity contribution in [3.8, 4) is 0 Å². The number of anilines is 1. The molecule has 0 bridgehead atoms. The molecule has 0 aliphatic carbocycles. The predicted molar refractivity (Wildman–Crippen MR) is 148 cm³/mol. The maximum absolute atomic E-state index is 13.7. The fourth-order valence-electron chi connectivity index (χ4n) is 5.00. The van der Waals surface area contributed by atoms with Gasteiger partial charge in [0.1, 0.15) is 0 Å². The number of amides is 1. The molecule has 1 aliphatic rings. The van der Waals surface area contributed by atoms with Crippen LogP contribution >= 0.6 is 11.6 Å². The number of hydrogen-bond acceptors (Lipinski definition) is 7. The highest BCUT2D eigenvalue weighted by Crippen LogP contribution is 2.42. The molecule has 2 atom stereocenters. The number of fused-ring (bicyclic) bond motifs is 1. The van der Waals surface area contributed by atoms with Crippen LogP contribution in [0.3, 0.4) is 0 Å². The van der Waals surface area contributed by atoms with Crippen molar-refractivity contribution >= 4 is 35.1 Å². The Hall–Kier alpha value is -3.72. The van der Waals surface area contributed by atoms with Crippen molar-refractivity contribution in [1.29, 1.82) is 0 Å². The highest BCUT2D eigenvalue weighted by molar-refractivity contribution is 6.30. The summed E-state index contributed by atoms with van der Waals surface area (Å²) < 4.78 is 10.1. The molecule has 0 spiro atoms. The number of benzene rings is 3. The van der Waals surface area contributed by atoms with Crippen LogP contribution in [0.1, 0.15) is 40.1 Å². The number of nitrogens with zero attached hydrogens (tertiary/aromatic N) is 1. The van der Waals surface area contributed by atoms with E-state index in [9.17, 15) is 19.5 Å². The van der Waals surface area contributed by atoms with Gasteiger partial charge in [0.15, 0.2) is 0 Å². The third-order valence-electron chi connectivity index (χ3n) is 6.92. The molecule has 0 fully saturated rings. The smallest absolute Gasteiger partial charge is 0.344 e. The van der Waals surface area contributed by atoms with Crippen LogP contribution < -0.4 is 10.2 Å². The zero-order valence-electron chi connectivity index (χ0n) is 22.0. The van der Waals surface area contributed by atoms with Gasteiger partial charge in [-0.2, -0.15) is 0 Å². The summed E-state index contributed by atoms with van der Waals surface area (Å²) in [4.78, 5) is 41.2. The molecule has 1 aliphatic heterocycles. The summed E-state index contributed by atoms with van der Waals surface area (Å²) >= 11 is 6.03. The SMILES string of the molecule is COC(=O)C1(C(=O)OC)Cc2cc(C[C@@H](C)NCC(O)c3cccc(Cl)c3)ccc2N1C(=O)c1ccccc1. The minimum atomic E-state index is -1.98. The zero-order chi connectivity index (χ0) is 28.2. The van der Waals surface area contributed by atoms with Crippen LogP contribution in [0.2, 0.25) is 5.02 Å². The third-order valence-corrected chi connectivity index (χ3v) is 7.15. The number of halogens is 1. The molecule has 8 nitrogen and oxygen atoms in total. The molecule has 9 heteroatoms.